The predicted molar refractivity (Wildman–Crippen MR) is 194 cm³/mol. The van der Waals surface area contributed by atoms with E-state index in [0.717, 1.165) is 84.0 Å². The molecule has 0 spiro atoms. The van der Waals surface area contributed by atoms with Crippen LogP contribution < -0.4 is 4.74 Å². The molecule has 0 bridgehead atoms. The van der Waals surface area contributed by atoms with Gasteiger partial charge in [-0.1, -0.05) is 50.0 Å². The number of esters is 1. The van der Waals surface area contributed by atoms with E-state index in [2.05, 4.69) is 99.8 Å². The maximum absolute atomic E-state index is 14.2. The van der Waals surface area contributed by atoms with Gasteiger partial charge in [0.1, 0.15) is 17.4 Å². The van der Waals surface area contributed by atoms with Gasteiger partial charge in [-0.05, 0) is 111 Å². The number of rotatable bonds is 10. The third-order valence-corrected chi connectivity index (χ3v) is 12.4. The number of carbonyl (C=O) groups is 1. The molecule has 2 aliphatic rings. The van der Waals surface area contributed by atoms with Crippen molar-refractivity contribution in [2.75, 3.05) is 13.2 Å². The zero-order valence-corrected chi connectivity index (χ0v) is 31.4. The van der Waals surface area contributed by atoms with Gasteiger partial charge in [-0.3, -0.25) is 14.7 Å². The van der Waals surface area contributed by atoms with E-state index in [-0.39, 0.29) is 24.0 Å². The van der Waals surface area contributed by atoms with E-state index in [1.54, 1.807) is 0 Å². The van der Waals surface area contributed by atoms with Crippen LogP contribution in [0.4, 0.5) is 0 Å². The fourth-order valence-electron chi connectivity index (χ4n) is 7.69. The zero-order chi connectivity index (χ0) is 34.4. The second kappa shape index (κ2) is 13.4. The average molecular weight is 668 g/mol. The average Bonchev–Trinajstić information content (AvgIpc) is 3.64. The van der Waals surface area contributed by atoms with Crippen molar-refractivity contribution in [1.29, 1.82) is 0 Å². The van der Waals surface area contributed by atoms with Gasteiger partial charge in [0.05, 0.1) is 29.3 Å². The zero-order valence-electron chi connectivity index (χ0n) is 30.4. The number of ether oxygens (including phenoxy) is 2. The largest absolute Gasteiger partial charge is 0.487 e. The second-order valence-corrected chi connectivity index (χ2v) is 21.4. The van der Waals surface area contributed by atoms with Gasteiger partial charge >= 0.3 is 5.97 Å². The summed E-state index contributed by atoms with van der Waals surface area (Å²) in [6, 6.07) is 14.1. The van der Waals surface area contributed by atoms with Gasteiger partial charge in [0.2, 0.25) is 0 Å². The highest BCUT2D eigenvalue weighted by Gasteiger charge is 2.42. The van der Waals surface area contributed by atoms with Crippen molar-refractivity contribution in [1.82, 2.24) is 24.9 Å². The van der Waals surface area contributed by atoms with Crippen molar-refractivity contribution in [3.8, 4) is 5.75 Å². The molecule has 0 saturated carbocycles. The molecule has 0 radical (unpaired) electrons. The summed E-state index contributed by atoms with van der Waals surface area (Å²) >= 11 is 0. The number of carbonyl (C=O) groups excluding carboxylic acids is 1. The molecule has 9 heteroatoms. The molecular weight excluding hydrogens is 615 g/mol. The summed E-state index contributed by atoms with van der Waals surface area (Å²) in [7, 11) is 0.553. The van der Waals surface area contributed by atoms with Crippen LogP contribution in [-0.2, 0) is 36.0 Å². The molecule has 0 fully saturated rings. The van der Waals surface area contributed by atoms with E-state index in [9.17, 15) is 4.79 Å². The molecule has 48 heavy (non-hydrogen) atoms. The van der Waals surface area contributed by atoms with Crippen LogP contribution in [0.25, 0.3) is 11.0 Å². The maximum Gasteiger partial charge on any atom is 0.312 e. The number of hydrogen-bond donors (Lipinski definition) is 0. The van der Waals surface area contributed by atoms with Crippen molar-refractivity contribution in [3.63, 3.8) is 0 Å². The first-order valence-corrected chi connectivity index (χ1v) is 21.5. The highest BCUT2D eigenvalue weighted by atomic mass is 28.3. The van der Waals surface area contributed by atoms with Gasteiger partial charge in [-0.2, -0.15) is 0 Å². The molecule has 4 aromatic rings. The molecule has 3 heterocycles. The Bertz CT molecular complexity index is 1810. The Kier molecular flexibility index (Phi) is 9.57. The summed E-state index contributed by atoms with van der Waals surface area (Å²) in [5.74, 6) is 0.504. The van der Waals surface area contributed by atoms with Gasteiger partial charge in [0.15, 0.2) is 0 Å². The second-order valence-electron chi connectivity index (χ2n) is 15.8. The van der Waals surface area contributed by atoms with Crippen LogP contribution >= 0.6 is 0 Å². The minimum atomic E-state index is -1.37. The van der Waals surface area contributed by atoms with Crippen molar-refractivity contribution >= 4 is 25.1 Å². The Hall–Kier alpha value is -3.56. The molecule has 2 aromatic heterocycles. The number of benzene rings is 2. The highest BCUT2D eigenvalue weighted by molar-refractivity contribution is 6.76. The molecule has 256 valence electrons. The molecule has 3 atom stereocenters. The molecule has 0 amide bonds. The monoisotopic (exact) mass is 667 g/mol. The van der Waals surface area contributed by atoms with E-state index in [1.165, 1.54) is 16.7 Å². The van der Waals surface area contributed by atoms with Gasteiger partial charge in [-0.15, -0.1) is 5.10 Å². The molecule has 0 saturated heterocycles. The van der Waals surface area contributed by atoms with Crippen LogP contribution in [0.1, 0.15) is 91.6 Å². The van der Waals surface area contributed by atoms with Crippen molar-refractivity contribution < 1.29 is 14.3 Å². The van der Waals surface area contributed by atoms with Crippen LogP contribution in [0.3, 0.4) is 0 Å². The van der Waals surface area contributed by atoms with Crippen LogP contribution in [0.15, 0.2) is 42.6 Å². The Morgan fingerprint density at radius 2 is 1.96 bits per heavy atom. The Labute approximate surface area is 287 Å². The van der Waals surface area contributed by atoms with E-state index in [0.29, 0.717) is 6.61 Å². The van der Waals surface area contributed by atoms with Gasteiger partial charge < -0.3 is 9.47 Å². The lowest BCUT2D eigenvalue weighted by atomic mass is 9.69. The first kappa shape index (κ1) is 34.3. The third kappa shape index (κ3) is 6.68. The summed E-state index contributed by atoms with van der Waals surface area (Å²) in [5.41, 5.74) is 9.54. The normalized spacial score (nSPS) is 19.0. The molecule has 8 nitrogen and oxygen atoms in total. The number of hydrogen-bond acceptors (Lipinski definition) is 7. The van der Waals surface area contributed by atoms with Crippen LogP contribution in [-0.4, -0.2) is 58.2 Å². The lowest BCUT2D eigenvalue weighted by molar-refractivity contribution is -0.154. The van der Waals surface area contributed by atoms with E-state index in [4.69, 9.17) is 14.5 Å². The maximum atomic E-state index is 14.2. The molecule has 2 aromatic carbocycles. The molecule has 0 N–H and O–H groups in total. The van der Waals surface area contributed by atoms with Gasteiger partial charge in [0.25, 0.3) is 0 Å². The number of aromatic nitrogens is 4. The van der Waals surface area contributed by atoms with Gasteiger partial charge in [-0.25, -0.2) is 4.68 Å². The fraction of sp³-hybridized carbons (Fsp3) is 0.538. The summed E-state index contributed by atoms with van der Waals surface area (Å²) in [5, 5.41) is 8.86. The van der Waals surface area contributed by atoms with E-state index < -0.39 is 13.5 Å². The lowest BCUT2D eigenvalue weighted by Gasteiger charge is -2.35. The Morgan fingerprint density at radius 3 is 2.71 bits per heavy atom. The molecule has 1 unspecified atom stereocenters. The van der Waals surface area contributed by atoms with Crippen molar-refractivity contribution in [2.45, 2.75) is 111 Å². The highest BCUT2D eigenvalue weighted by Crippen LogP contribution is 2.46. The summed E-state index contributed by atoms with van der Waals surface area (Å²) in [4.78, 5) is 21.5. The topological polar surface area (TPSA) is 82.4 Å². The van der Waals surface area contributed by atoms with E-state index in [1.807, 2.05) is 24.0 Å². The molecular formula is C39H53N5O3Si. The van der Waals surface area contributed by atoms with Crippen LogP contribution in [0, 0.1) is 12.3 Å². The lowest BCUT2D eigenvalue weighted by Crippen LogP contribution is -2.36. The summed E-state index contributed by atoms with van der Waals surface area (Å²) in [6.07, 6.45) is 6.15. The fourth-order valence-corrected chi connectivity index (χ4v) is 8.41. The summed E-state index contributed by atoms with van der Waals surface area (Å²) in [6.45, 7) is 19.7. The number of pyridine rings is 1. The standard InChI is InChI=1S/C39H53N5O3Si/c1-10-30-24-44(26(3)37-34(47-30)15-12-18-40-37)23-29-22-28(21-27-13-11-14-32(27)29)35(39(4,5)38(45)46-19-20-48(7,8)9)31-16-17-33-36(25(31)2)41-42-43(33)6/h12,15-18,21-22,26,30,35H,10-11,13-14,19-20,23-24H2,1-9H3/t26-,30+,35?/m0/s1. The van der Waals surface area contributed by atoms with E-state index >= 15 is 0 Å². The Balaban J connectivity index is 1.45. The Morgan fingerprint density at radius 1 is 1.17 bits per heavy atom. The summed E-state index contributed by atoms with van der Waals surface area (Å²) < 4.78 is 14.4. The number of fused-ring (bicyclic) bond motifs is 3. The number of nitrogens with zero attached hydrogens (tertiary/aromatic N) is 5. The van der Waals surface area contributed by atoms with Crippen LogP contribution in [0.2, 0.25) is 25.7 Å². The first-order chi connectivity index (χ1) is 22.8. The SMILES string of the molecule is CC[C@@H]1CN(Cc2cc(C(c3ccc4c(nnn4C)c3C)C(C)(C)C(=O)OCC[Si](C)(C)C)cc3c2CCC3)[C@@H](C)c2ncccc2O1. The quantitative estimate of drug-likeness (QED) is 0.125. The molecule has 6 rings (SSSR count). The minimum Gasteiger partial charge on any atom is -0.487 e. The van der Waals surface area contributed by atoms with Crippen molar-refractivity contribution in [2.24, 2.45) is 12.5 Å². The smallest absolute Gasteiger partial charge is 0.312 e. The third-order valence-electron chi connectivity index (χ3n) is 10.7. The predicted octanol–water partition coefficient (Wildman–Crippen LogP) is 7.93. The number of aryl methyl sites for hydroxylation is 3. The minimum absolute atomic E-state index is 0.0908. The van der Waals surface area contributed by atoms with Crippen molar-refractivity contribution in [3.05, 3.63) is 81.7 Å². The molecule has 1 aliphatic heterocycles. The molecule has 1 aliphatic carbocycles. The van der Waals surface area contributed by atoms with Crippen LogP contribution in [0.5, 0.6) is 5.75 Å². The first-order valence-electron chi connectivity index (χ1n) is 17.7. The van der Waals surface area contributed by atoms with Gasteiger partial charge in [0, 0.05) is 40.3 Å².